The molecule has 3 atom stereocenters. The van der Waals surface area contributed by atoms with Gasteiger partial charge in [-0.1, -0.05) is 20.3 Å². The van der Waals surface area contributed by atoms with Gasteiger partial charge >= 0.3 is 0 Å². The van der Waals surface area contributed by atoms with Crippen molar-refractivity contribution in [2.24, 2.45) is 5.92 Å². The van der Waals surface area contributed by atoms with Gasteiger partial charge in [-0.2, -0.15) is 0 Å². The minimum atomic E-state index is 0. The van der Waals surface area contributed by atoms with E-state index in [0.717, 1.165) is 32.4 Å². The Morgan fingerprint density at radius 1 is 1.35 bits per heavy atom. The van der Waals surface area contributed by atoms with Gasteiger partial charge in [-0.3, -0.25) is 4.79 Å². The Morgan fingerprint density at radius 3 is 2.76 bits per heavy atom. The molecular formula is C13H25ClN2O. The third-order valence-electron chi connectivity index (χ3n) is 4.05. The number of halogens is 1. The molecule has 3 unspecified atom stereocenters. The van der Waals surface area contributed by atoms with E-state index in [1.165, 1.54) is 12.8 Å². The maximum absolute atomic E-state index is 12.4. The first-order valence-electron chi connectivity index (χ1n) is 6.77. The van der Waals surface area contributed by atoms with Crippen LogP contribution >= 0.6 is 12.4 Å². The van der Waals surface area contributed by atoms with Gasteiger partial charge in [-0.15, -0.1) is 12.4 Å². The third-order valence-corrected chi connectivity index (χ3v) is 4.05. The maximum atomic E-state index is 12.4. The van der Waals surface area contributed by atoms with E-state index in [4.69, 9.17) is 0 Å². The van der Waals surface area contributed by atoms with Crippen molar-refractivity contribution in [2.45, 2.75) is 58.0 Å². The van der Waals surface area contributed by atoms with E-state index in [2.05, 4.69) is 24.1 Å². The lowest BCUT2D eigenvalue weighted by Crippen LogP contribution is -2.44. The second kappa shape index (κ2) is 6.60. The lowest BCUT2D eigenvalue weighted by Gasteiger charge is -2.30. The molecule has 1 N–H and O–H groups in total. The molecule has 0 spiro atoms. The maximum Gasteiger partial charge on any atom is 0.225 e. The molecule has 4 heteroatoms. The summed E-state index contributed by atoms with van der Waals surface area (Å²) in [6.45, 7) is 6.32. The molecule has 2 aliphatic rings. The molecule has 2 saturated heterocycles. The molecule has 0 saturated carbocycles. The lowest BCUT2D eigenvalue weighted by molar-refractivity contribution is -0.137. The van der Waals surface area contributed by atoms with Crippen molar-refractivity contribution in [1.29, 1.82) is 0 Å². The fraction of sp³-hybridized carbons (Fsp3) is 0.923. The van der Waals surface area contributed by atoms with E-state index in [1.807, 2.05) is 0 Å². The summed E-state index contributed by atoms with van der Waals surface area (Å²) in [4.78, 5) is 14.6. The quantitative estimate of drug-likeness (QED) is 0.844. The summed E-state index contributed by atoms with van der Waals surface area (Å²) >= 11 is 0. The highest BCUT2D eigenvalue weighted by Gasteiger charge is 2.38. The fourth-order valence-corrected chi connectivity index (χ4v) is 3.15. The molecular weight excluding hydrogens is 236 g/mol. The molecule has 3 nitrogen and oxygen atoms in total. The second-order valence-corrected chi connectivity index (χ2v) is 5.31. The van der Waals surface area contributed by atoms with Gasteiger partial charge in [0.1, 0.15) is 0 Å². The topological polar surface area (TPSA) is 32.3 Å². The summed E-state index contributed by atoms with van der Waals surface area (Å²) in [5.74, 6) is 0.615. The Morgan fingerprint density at radius 2 is 2.06 bits per heavy atom. The van der Waals surface area contributed by atoms with Gasteiger partial charge < -0.3 is 10.2 Å². The van der Waals surface area contributed by atoms with Crippen LogP contribution in [0.1, 0.15) is 46.0 Å². The molecule has 0 aliphatic carbocycles. The van der Waals surface area contributed by atoms with Crippen LogP contribution in [0.3, 0.4) is 0 Å². The van der Waals surface area contributed by atoms with E-state index in [9.17, 15) is 4.79 Å². The van der Waals surface area contributed by atoms with Crippen molar-refractivity contribution in [1.82, 2.24) is 10.2 Å². The SMILES string of the molecule is CCCC(C)C(=O)N1C2CCNCC1CC2.Cl. The van der Waals surface area contributed by atoms with Crippen LogP contribution in [0.2, 0.25) is 0 Å². The van der Waals surface area contributed by atoms with Crippen LogP contribution in [-0.4, -0.2) is 36.0 Å². The van der Waals surface area contributed by atoms with Crippen LogP contribution in [0.25, 0.3) is 0 Å². The zero-order valence-corrected chi connectivity index (χ0v) is 11.8. The van der Waals surface area contributed by atoms with Crippen molar-refractivity contribution < 1.29 is 4.79 Å². The van der Waals surface area contributed by atoms with Gasteiger partial charge in [0.05, 0.1) is 0 Å². The van der Waals surface area contributed by atoms with E-state index in [-0.39, 0.29) is 18.3 Å². The number of nitrogens with zero attached hydrogens (tertiary/aromatic N) is 1. The number of hydrogen-bond donors (Lipinski definition) is 1. The van der Waals surface area contributed by atoms with Crippen molar-refractivity contribution in [3.05, 3.63) is 0 Å². The van der Waals surface area contributed by atoms with Gasteiger partial charge in [0.25, 0.3) is 0 Å². The number of carbonyl (C=O) groups excluding carboxylic acids is 1. The van der Waals surface area contributed by atoms with E-state index in [1.54, 1.807) is 0 Å². The molecule has 0 aromatic rings. The molecule has 0 radical (unpaired) electrons. The van der Waals surface area contributed by atoms with Crippen LogP contribution in [0.4, 0.5) is 0 Å². The number of fused-ring (bicyclic) bond motifs is 2. The van der Waals surface area contributed by atoms with Crippen molar-refractivity contribution in [3.63, 3.8) is 0 Å². The first-order valence-corrected chi connectivity index (χ1v) is 6.77. The highest BCUT2D eigenvalue weighted by Crippen LogP contribution is 2.30. The first kappa shape index (κ1) is 14.8. The molecule has 2 heterocycles. The highest BCUT2D eigenvalue weighted by molar-refractivity contribution is 5.85. The number of amides is 1. The van der Waals surface area contributed by atoms with Crippen LogP contribution in [0.5, 0.6) is 0 Å². The molecule has 1 amide bonds. The Labute approximate surface area is 111 Å². The number of nitrogens with one attached hydrogen (secondary N) is 1. The number of hydrogen-bond acceptors (Lipinski definition) is 2. The summed E-state index contributed by atoms with van der Waals surface area (Å²) in [5, 5.41) is 3.44. The Balaban J connectivity index is 0.00000144. The van der Waals surface area contributed by atoms with Gasteiger partial charge in [0.2, 0.25) is 5.91 Å². The largest absolute Gasteiger partial charge is 0.335 e. The molecule has 2 rings (SSSR count). The van der Waals surface area contributed by atoms with Crippen molar-refractivity contribution in [2.75, 3.05) is 13.1 Å². The Bertz CT molecular complexity index is 246. The normalized spacial score (nSPS) is 29.4. The van der Waals surface area contributed by atoms with Crippen LogP contribution in [0, 0.1) is 5.92 Å². The first-order chi connectivity index (χ1) is 7.74. The summed E-state index contributed by atoms with van der Waals surface area (Å²) in [5.41, 5.74) is 0. The summed E-state index contributed by atoms with van der Waals surface area (Å²) in [6.07, 6.45) is 5.69. The molecule has 0 aromatic carbocycles. The fourth-order valence-electron chi connectivity index (χ4n) is 3.15. The molecule has 2 aliphatic heterocycles. The van der Waals surface area contributed by atoms with Gasteiger partial charge in [-0.05, 0) is 32.2 Å². The number of rotatable bonds is 3. The van der Waals surface area contributed by atoms with Gasteiger partial charge in [-0.25, -0.2) is 0 Å². The monoisotopic (exact) mass is 260 g/mol. The predicted molar refractivity (Wildman–Crippen MR) is 72.5 cm³/mol. The van der Waals surface area contributed by atoms with E-state index in [0.29, 0.717) is 18.0 Å². The molecule has 2 fully saturated rings. The van der Waals surface area contributed by atoms with Crippen molar-refractivity contribution in [3.8, 4) is 0 Å². The zero-order valence-electron chi connectivity index (χ0n) is 10.9. The van der Waals surface area contributed by atoms with Gasteiger partial charge in [0.15, 0.2) is 0 Å². The van der Waals surface area contributed by atoms with Crippen molar-refractivity contribution >= 4 is 18.3 Å². The van der Waals surface area contributed by atoms with E-state index >= 15 is 0 Å². The van der Waals surface area contributed by atoms with E-state index < -0.39 is 0 Å². The second-order valence-electron chi connectivity index (χ2n) is 5.31. The summed E-state index contributed by atoms with van der Waals surface area (Å²) in [6, 6.07) is 0.992. The number of carbonyl (C=O) groups is 1. The van der Waals surface area contributed by atoms with Crippen LogP contribution < -0.4 is 5.32 Å². The minimum absolute atomic E-state index is 0. The average molecular weight is 261 g/mol. The van der Waals surface area contributed by atoms with Gasteiger partial charge in [0, 0.05) is 24.5 Å². The summed E-state index contributed by atoms with van der Waals surface area (Å²) in [7, 11) is 0. The molecule has 17 heavy (non-hydrogen) atoms. The Hall–Kier alpha value is -0.280. The molecule has 100 valence electrons. The summed E-state index contributed by atoms with van der Waals surface area (Å²) < 4.78 is 0. The predicted octanol–water partition coefficient (Wildman–Crippen LogP) is 2.20. The molecule has 2 bridgehead atoms. The standard InChI is InChI=1S/C13H24N2O.ClH/c1-3-4-10(2)13(16)15-11-5-6-12(15)9-14-8-7-11;/h10-12,14H,3-9H2,1-2H3;1H. The minimum Gasteiger partial charge on any atom is -0.335 e. The zero-order chi connectivity index (χ0) is 11.5. The highest BCUT2D eigenvalue weighted by atomic mass is 35.5. The average Bonchev–Trinajstić information content (AvgIpc) is 2.51. The third kappa shape index (κ3) is 3.14. The lowest BCUT2D eigenvalue weighted by atomic mass is 10.0. The Kier molecular flexibility index (Phi) is 5.74. The van der Waals surface area contributed by atoms with Crippen LogP contribution in [-0.2, 0) is 4.79 Å². The molecule has 0 aromatic heterocycles. The van der Waals surface area contributed by atoms with Crippen LogP contribution in [0.15, 0.2) is 0 Å². The smallest absolute Gasteiger partial charge is 0.225 e.